The second-order valence-corrected chi connectivity index (χ2v) is 4.62. The van der Waals surface area contributed by atoms with E-state index in [9.17, 15) is 13.2 Å². The fourth-order valence-corrected chi connectivity index (χ4v) is 2.09. The average molecular weight is 250 g/mol. The molecule has 0 aromatic heterocycles. The van der Waals surface area contributed by atoms with E-state index in [-0.39, 0.29) is 6.42 Å². The van der Waals surface area contributed by atoms with E-state index in [1.54, 1.807) is 4.90 Å². The Kier molecular flexibility index (Phi) is 4.25. The van der Waals surface area contributed by atoms with Crippen molar-refractivity contribution in [2.45, 2.75) is 25.7 Å². The van der Waals surface area contributed by atoms with Crippen molar-refractivity contribution in [3.63, 3.8) is 0 Å². The van der Waals surface area contributed by atoms with E-state index in [0.717, 1.165) is 6.42 Å². The maximum absolute atomic E-state index is 10.6. The number of hydrogen-bond donors (Lipinski definition) is 2. The monoisotopic (exact) mass is 250 g/mol. The molecule has 0 aromatic carbocycles. The van der Waals surface area contributed by atoms with E-state index in [0.29, 0.717) is 31.8 Å². The van der Waals surface area contributed by atoms with Gasteiger partial charge in [-0.05, 0) is 12.8 Å². The topological polar surface area (TPSA) is 107 Å². The molecule has 0 atom stereocenters. The van der Waals surface area contributed by atoms with Gasteiger partial charge in [-0.15, -0.1) is 4.40 Å². The minimum Gasteiger partial charge on any atom is -0.481 e. The van der Waals surface area contributed by atoms with Crippen molar-refractivity contribution in [1.29, 1.82) is 0 Å². The molecule has 1 heterocycles. The van der Waals surface area contributed by atoms with Crippen LogP contribution in [0.5, 0.6) is 0 Å². The molecule has 8 heteroatoms. The standard InChI is InChI=1S/C8H14N2O5S/c11-8(12)4-2-6-10-5-1-3-7(10)9-16(13,14)15/h1-6H2,(H,11,12)(H,13,14,15)/b9-7+. The second-order valence-electron chi connectivity index (χ2n) is 3.54. The first-order valence-corrected chi connectivity index (χ1v) is 6.31. The van der Waals surface area contributed by atoms with Crippen LogP contribution in [-0.4, -0.2) is 47.9 Å². The van der Waals surface area contributed by atoms with Crippen molar-refractivity contribution < 1.29 is 22.9 Å². The van der Waals surface area contributed by atoms with Crippen molar-refractivity contribution in [2.75, 3.05) is 13.1 Å². The van der Waals surface area contributed by atoms with Crippen molar-refractivity contribution in [3.8, 4) is 0 Å². The van der Waals surface area contributed by atoms with Gasteiger partial charge in [-0.1, -0.05) is 0 Å². The molecule has 16 heavy (non-hydrogen) atoms. The molecule has 1 saturated heterocycles. The molecule has 0 spiro atoms. The Morgan fingerprint density at radius 3 is 2.75 bits per heavy atom. The summed E-state index contributed by atoms with van der Waals surface area (Å²) < 4.78 is 32.9. The van der Waals surface area contributed by atoms with Gasteiger partial charge in [0.05, 0.1) is 0 Å². The van der Waals surface area contributed by atoms with Gasteiger partial charge in [0.2, 0.25) is 0 Å². The Bertz CT molecular complexity index is 389. The van der Waals surface area contributed by atoms with E-state index < -0.39 is 16.3 Å². The second kappa shape index (κ2) is 5.26. The highest BCUT2D eigenvalue weighted by Crippen LogP contribution is 2.13. The number of hydrogen-bond acceptors (Lipinski definition) is 3. The zero-order chi connectivity index (χ0) is 12.2. The van der Waals surface area contributed by atoms with E-state index in [4.69, 9.17) is 9.66 Å². The molecule has 1 aliphatic heterocycles. The molecule has 0 aromatic rings. The molecule has 0 unspecified atom stereocenters. The summed E-state index contributed by atoms with van der Waals surface area (Å²) in [5.41, 5.74) is 0. The van der Waals surface area contributed by atoms with Crippen molar-refractivity contribution >= 4 is 22.1 Å². The van der Waals surface area contributed by atoms with E-state index in [2.05, 4.69) is 4.40 Å². The molecule has 0 aliphatic carbocycles. The van der Waals surface area contributed by atoms with Gasteiger partial charge in [0, 0.05) is 25.9 Å². The van der Waals surface area contributed by atoms with Crippen LogP contribution >= 0.6 is 0 Å². The Morgan fingerprint density at radius 2 is 2.19 bits per heavy atom. The van der Waals surface area contributed by atoms with Gasteiger partial charge in [-0.2, -0.15) is 8.42 Å². The van der Waals surface area contributed by atoms with Crippen LogP contribution in [0.1, 0.15) is 25.7 Å². The molecular formula is C8H14N2O5S. The summed E-state index contributed by atoms with van der Waals surface area (Å²) in [7, 11) is -4.35. The molecule has 1 fully saturated rings. The van der Waals surface area contributed by atoms with Gasteiger partial charge >= 0.3 is 16.3 Å². The van der Waals surface area contributed by atoms with Crippen LogP contribution < -0.4 is 0 Å². The Hall–Kier alpha value is -1.15. The van der Waals surface area contributed by atoms with Crippen LogP contribution in [0.15, 0.2) is 4.40 Å². The van der Waals surface area contributed by atoms with Gasteiger partial charge in [-0.3, -0.25) is 9.35 Å². The summed E-state index contributed by atoms with van der Waals surface area (Å²) >= 11 is 0. The number of aliphatic carboxylic acids is 1. The van der Waals surface area contributed by atoms with E-state index >= 15 is 0 Å². The fourth-order valence-electron chi connectivity index (χ4n) is 1.61. The third kappa shape index (κ3) is 4.58. The minimum atomic E-state index is -4.35. The summed E-state index contributed by atoms with van der Waals surface area (Å²) in [5.74, 6) is -0.569. The van der Waals surface area contributed by atoms with Gasteiger partial charge in [0.1, 0.15) is 5.84 Å². The summed E-state index contributed by atoms with van der Waals surface area (Å²) in [6.07, 6.45) is 1.73. The fraction of sp³-hybridized carbons (Fsp3) is 0.750. The molecule has 0 amide bonds. The van der Waals surface area contributed by atoms with E-state index in [1.807, 2.05) is 0 Å². The third-order valence-corrected chi connectivity index (χ3v) is 2.67. The molecule has 0 saturated carbocycles. The van der Waals surface area contributed by atoms with Gasteiger partial charge in [0.25, 0.3) is 0 Å². The molecule has 7 nitrogen and oxygen atoms in total. The number of carboxylic acid groups (broad SMARTS) is 1. The summed E-state index contributed by atoms with van der Waals surface area (Å²) in [4.78, 5) is 12.0. The third-order valence-electron chi connectivity index (χ3n) is 2.23. The maximum Gasteiger partial charge on any atom is 0.380 e. The number of carboxylic acids is 1. The maximum atomic E-state index is 10.6. The lowest BCUT2D eigenvalue weighted by molar-refractivity contribution is -0.137. The van der Waals surface area contributed by atoms with Gasteiger partial charge in [0.15, 0.2) is 0 Å². The highest BCUT2D eigenvalue weighted by molar-refractivity contribution is 7.84. The van der Waals surface area contributed by atoms with Gasteiger partial charge in [-0.25, -0.2) is 0 Å². The van der Waals surface area contributed by atoms with Crippen LogP contribution in [0.4, 0.5) is 0 Å². The quantitative estimate of drug-likeness (QED) is 0.672. The predicted octanol–water partition coefficient (Wildman–Crippen LogP) is 0.148. The number of rotatable bonds is 5. The van der Waals surface area contributed by atoms with Crippen molar-refractivity contribution in [3.05, 3.63) is 0 Å². The van der Waals surface area contributed by atoms with Crippen LogP contribution in [0.3, 0.4) is 0 Å². The molecule has 92 valence electrons. The minimum absolute atomic E-state index is 0.0374. The van der Waals surface area contributed by atoms with Crippen LogP contribution in [0.25, 0.3) is 0 Å². The zero-order valence-electron chi connectivity index (χ0n) is 8.66. The Balaban J connectivity index is 2.53. The first-order valence-electron chi connectivity index (χ1n) is 4.91. The Morgan fingerprint density at radius 1 is 1.50 bits per heavy atom. The summed E-state index contributed by atoms with van der Waals surface area (Å²) in [5, 5.41) is 8.46. The lowest BCUT2D eigenvalue weighted by atomic mass is 10.3. The van der Waals surface area contributed by atoms with Gasteiger partial charge < -0.3 is 10.0 Å². The lowest BCUT2D eigenvalue weighted by Crippen LogP contribution is -2.27. The Labute approximate surface area is 93.7 Å². The van der Waals surface area contributed by atoms with Crippen molar-refractivity contribution in [2.24, 2.45) is 4.40 Å². The molecular weight excluding hydrogens is 236 g/mol. The number of amidine groups is 1. The summed E-state index contributed by atoms with van der Waals surface area (Å²) in [6, 6.07) is 0. The molecule has 2 N–H and O–H groups in total. The van der Waals surface area contributed by atoms with E-state index in [1.165, 1.54) is 0 Å². The molecule has 0 bridgehead atoms. The smallest absolute Gasteiger partial charge is 0.380 e. The molecule has 0 radical (unpaired) electrons. The first-order chi connectivity index (χ1) is 7.38. The lowest BCUT2D eigenvalue weighted by Gasteiger charge is -2.17. The normalized spacial score (nSPS) is 19.3. The number of nitrogens with zero attached hydrogens (tertiary/aromatic N) is 2. The van der Waals surface area contributed by atoms with Crippen molar-refractivity contribution in [1.82, 2.24) is 4.90 Å². The zero-order valence-corrected chi connectivity index (χ0v) is 9.48. The summed E-state index contributed by atoms with van der Waals surface area (Å²) in [6.45, 7) is 1.09. The SMILES string of the molecule is O=C(O)CCCN1CCC/C1=N\S(=O)(=O)O. The average Bonchev–Trinajstić information content (AvgIpc) is 2.49. The first kappa shape index (κ1) is 12.9. The van der Waals surface area contributed by atoms with Crippen LogP contribution in [0, 0.1) is 0 Å². The molecule has 1 aliphatic rings. The molecule has 1 rings (SSSR count). The largest absolute Gasteiger partial charge is 0.481 e. The van der Waals surface area contributed by atoms with Crippen LogP contribution in [0.2, 0.25) is 0 Å². The number of carbonyl (C=O) groups is 1. The highest BCUT2D eigenvalue weighted by atomic mass is 32.2. The number of likely N-dealkylation sites (tertiary alicyclic amines) is 1. The highest BCUT2D eigenvalue weighted by Gasteiger charge is 2.20. The predicted molar refractivity (Wildman–Crippen MR) is 56.7 cm³/mol. The van der Waals surface area contributed by atoms with Crippen LogP contribution in [-0.2, 0) is 15.1 Å².